The molecule has 6 nitrogen and oxygen atoms in total. The molecule has 0 aliphatic rings. The predicted octanol–water partition coefficient (Wildman–Crippen LogP) is 1.50. The Labute approximate surface area is 104 Å². The summed E-state index contributed by atoms with van der Waals surface area (Å²) < 4.78 is 9.90. The number of nitrogens with zero attached hydrogens (tertiary/aromatic N) is 1. The fraction of sp³-hybridized carbons (Fsp3) is 0.600. The number of thiazole rings is 1. The molecule has 17 heavy (non-hydrogen) atoms. The molecule has 0 atom stereocenters. The second-order valence-electron chi connectivity index (χ2n) is 3.34. The summed E-state index contributed by atoms with van der Waals surface area (Å²) in [7, 11) is 1.59. The van der Waals surface area contributed by atoms with Crippen molar-refractivity contribution in [3.8, 4) is 0 Å². The van der Waals surface area contributed by atoms with Crippen molar-refractivity contribution < 1.29 is 14.3 Å². The van der Waals surface area contributed by atoms with Crippen LogP contribution in [0.25, 0.3) is 0 Å². The first-order chi connectivity index (χ1) is 8.13. The lowest BCUT2D eigenvalue weighted by molar-refractivity contribution is 0.0650. The first-order valence-electron chi connectivity index (χ1n) is 5.19. The molecule has 1 heterocycles. The van der Waals surface area contributed by atoms with Crippen LogP contribution < -0.4 is 10.6 Å². The molecule has 2 amide bonds. The number of carbonyl (C=O) groups is 1. The summed E-state index contributed by atoms with van der Waals surface area (Å²) in [4.78, 5) is 16.7. The van der Waals surface area contributed by atoms with E-state index in [1.54, 1.807) is 7.11 Å². The fourth-order valence-corrected chi connectivity index (χ4v) is 1.81. The highest BCUT2D eigenvalue weighted by molar-refractivity contribution is 7.15. The summed E-state index contributed by atoms with van der Waals surface area (Å²) in [6, 6.07) is -0.323. The van der Waals surface area contributed by atoms with E-state index in [9.17, 15) is 4.79 Å². The van der Waals surface area contributed by atoms with Gasteiger partial charge in [-0.25, -0.2) is 9.78 Å². The topological polar surface area (TPSA) is 72.5 Å². The van der Waals surface area contributed by atoms with Gasteiger partial charge in [-0.1, -0.05) is 0 Å². The Morgan fingerprint density at radius 3 is 2.76 bits per heavy atom. The van der Waals surface area contributed by atoms with Gasteiger partial charge in [-0.3, -0.25) is 5.32 Å². The molecule has 1 rings (SSSR count). The van der Waals surface area contributed by atoms with Crippen LogP contribution >= 0.6 is 11.3 Å². The van der Waals surface area contributed by atoms with Crippen molar-refractivity contribution in [1.29, 1.82) is 0 Å². The van der Waals surface area contributed by atoms with Gasteiger partial charge in [0.15, 0.2) is 5.13 Å². The average molecular weight is 259 g/mol. The minimum absolute atomic E-state index is 0.151. The summed E-state index contributed by atoms with van der Waals surface area (Å²) in [6.45, 7) is 4.98. The highest BCUT2D eigenvalue weighted by atomic mass is 32.1. The minimum atomic E-state index is -0.323. The number of hydrogen-bond donors (Lipinski definition) is 2. The van der Waals surface area contributed by atoms with Crippen LogP contribution in [0.1, 0.15) is 10.6 Å². The number of aromatic nitrogens is 1. The number of anilines is 1. The summed E-state index contributed by atoms with van der Waals surface area (Å²) in [5, 5.41) is 5.79. The third-order valence-electron chi connectivity index (χ3n) is 2.02. The maximum atomic E-state index is 11.4. The molecular formula is C10H17N3O3S. The number of ether oxygens (including phenoxy) is 2. The van der Waals surface area contributed by atoms with Gasteiger partial charge in [0.2, 0.25) is 0 Å². The fourth-order valence-electron chi connectivity index (χ4n) is 0.999. The summed E-state index contributed by atoms with van der Waals surface area (Å²) >= 11 is 1.45. The minimum Gasteiger partial charge on any atom is -0.382 e. The maximum Gasteiger partial charge on any atom is 0.322 e. The Kier molecular flexibility index (Phi) is 5.88. The summed E-state index contributed by atoms with van der Waals surface area (Å²) in [6.07, 6.45) is 0. The number of urea groups is 1. The maximum absolute atomic E-state index is 11.4. The molecule has 7 heteroatoms. The van der Waals surface area contributed by atoms with Crippen molar-refractivity contribution in [3.05, 3.63) is 10.6 Å². The molecule has 0 radical (unpaired) electrons. The number of aryl methyl sites for hydroxylation is 2. The monoisotopic (exact) mass is 259 g/mol. The van der Waals surface area contributed by atoms with E-state index in [-0.39, 0.29) is 12.8 Å². The van der Waals surface area contributed by atoms with Crippen molar-refractivity contribution in [3.63, 3.8) is 0 Å². The van der Waals surface area contributed by atoms with Crippen LogP contribution in [0, 0.1) is 13.8 Å². The number of amides is 2. The zero-order valence-corrected chi connectivity index (χ0v) is 11.0. The van der Waals surface area contributed by atoms with E-state index >= 15 is 0 Å². The molecule has 96 valence electrons. The van der Waals surface area contributed by atoms with E-state index in [2.05, 4.69) is 15.6 Å². The van der Waals surface area contributed by atoms with Crippen molar-refractivity contribution in [2.45, 2.75) is 13.8 Å². The Bertz CT molecular complexity index is 348. The van der Waals surface area contributed by atoms with Crippen molar-refractivity contribution in [2.24, 2.45) is 0 Å². The smallest absolute Gasteiger partial charge is 0.322 e. The SMILES string of the molecule is COCCOCNC(=O)Nc1nc(C)c(C)s1. The van der Waals surface area contributed by atoms with Crippen molar-refractivity contribution in [1.82, 2.24) is 10.3 Å². The lowest BCUT2D eigenvalue weighted by Crippen LogP contribution is -2.31. The Morgan fingerprint density at radius 2 is 2.18 bits per heavy atom. The van der Waals surface area contributed by atoms with E-state index in [1.807, 2.05) is 13.8 Å². The first-order valence-corrected chi connectivity index (χ1v) is 6.00. The van der Waals surface area contributed by atoms with Crippen LogP contribution in [-0.4, -0.2) is 38.1 Å². The van der Waals surface area contributed by atoms with Gasteiger partial charge in [0.25, 0.3) is 0 Å². The number of nitrogens with one attached hydrogen (secondary N) is 2. The molecule has 1 aromatic rings. The van der Waals surface area contributed by atoms with Crippen molar-refractivity contribution in [2.75, 3.05) is 32.4 Å². The van der Waals surface area contributed by atoms with Crippen molar-refractivity contribution >= 4 is 22.5 Å². The zero-order valence-electron chi connectivity index (χ0n) is 10.2. The molecule has 0 saturated carbocycles. The van der Waals surface area contributed by atoms with Crippen LogP contribution in [0.3, 0.4) is 0 Å². The van der Waals surface area contributed by atoms with E-state index in [0.29, 0.717) is 18.3 Å². The highest BCUT2D eigenvalue weighted by Gasteiger charge is 2.06. The van der Waals surface area contributed by atoms with Gasteiger partial charge in [-0.15, -0.1) is 11.3 Å². The number of carbonyl (C=O) groups excluding carboxylic acids is 1. The van der Waals surface area contributed by atoms with Gasteiger partial charge in [-0.2, -0.15) is 0 Å². The normalized spacial score (nSPS) is 10.3. The molecule has 1 aromatic heterocycles. The molecule has 0 aliphatic heterocycles. The molecule has 0 saturated heterocycles. The molecular weight excluding hydrogens is 242 g/mol. The van der Waals surface area contributed by atoms with Gasteiger partial charge in [0.1, 0.15) is 6.73 Å². The van der Waals surface area contributed by atoms with Gasteiger partial charge in [0, 0.05) is 12.0 Å². The van der Waals surface area contributed by atoms with Gasteiger partial charge in [-0.05, 0) is 13.8 Å². The van der Waals surface area contributed by atoms with Crippen LogP contribution in [0.15, 0.2) is 0 Å². The van der Waals surface area contributed by atoms with E-state index in [4.69, 9.17) is 9.47 Å². The Hall–Kier alpha value is -1.18. The molecule has 0 bridgehead atoms. The van der Waals surface area contributed by atoms with Crippen LogP contribution in [0.4, 0.5) is 9.93 Å². The van der Waals surface area contributed by atoms with Gasteiger partial charge < -0.3 is 14.8 Å². The largest absolute Gasteiger partial charge is 0.382 e. The third-order valence-corrected chi connectivity index (χ3v) is 3.00. The van der Waals surface area contributed by atoms with E-state index < -0.39 is 0 Å². The second-order valence-corrected chi connectivity index (χ2v) is 4.54. The Balaban J connectivity index is 2.21. The second kappa shape index (κ2) is 7.21. The molecule has 2 N–H and O–H groups in total. The Morgan fingerprint density at radius 1 is 1.41 bits per heavy atom. The van der Waals surface area contributed by atoms with Crippen LogP contribution in [0.5, 0.6) is 0 Å². The predicted molar refractivity (Wildman–Crippen MR) is 66.4 cm³/mol. The standard InChI is InChI=1S/C10H17N3O3S/c1-7-8(2)17-10(12-7)13-9(14)11-6-16-5-4-15-3/h4-6H2,1-3H3,(H2,11,12,13,14). The molecule has 0 aliphatic carbocycles. The molecule has 0 spiro atoms. The third kappa shape index (κ3) is 5.12. The number of methoxy groups -OCH3 is 1. The van der Waals surface area contributed by atoms with Gasteiger partial charge in [0.05, 0.1) is 18.9 Å². The van der Waals surface area contributed by atoms with Crippen LogP contribution in [-0.2, 0) is 9.47 Å². The lowest BCUT2D eigenvalue weighted by Gasteiger charge is -2.05. The number of hydrogen-bond acceptors (Lipinski definition) is 5. The van der Waals surface area contributed by atoms with E-state index in [1.165, 1.54) is 11.3 Å². The lowest BCUT2D eigenvalue weighted by atomic mass is 10.4. The average Bonchev–Trinajstić information content (AvgIpc) is 2.57. The van der Waals surface area contributed by atoms with Crippen LogP contribution in [0.2, 0.25) is 0 Å². The zero-order chi connectivity index (χ0) is 12.7. The highest BCUT2D eigenvalue weighted by Crippen LogP contribution is 2.20. The molecule has 0 unspecified atom stereocenters. The molecule has 0 fully saturated rings. The number of rotatable bonds is 6. The quantitative estimate of drug-likeness (QED) is 0.600. The summed E-state index contributed by atoms with van der Waals surface area (Å²) in [5.74, 6) is 0. The van der Waals surface area contributed by atoms with Gasteiger partial charge >= 0.3 is 6.03 Å². The first kappa shape index (κ1) is 13.9. The summed E-state index contributed by atoms with van der Waals surface area (Å²) in [5.41, 5.74) is 0.932. The van der Waals surface area contributed by atoms with E-state index in [0.717, 1.165) is 10.6 Å². The molecule has 0 aromatic carbocycles.